The van der Waals surface area contributed by atoms with Gasteiger partial charge in [0.1, 0.15) is 24.1 Å². The summed E-state index contributed by atoms with van der Waals surface area (Å²) in [5, 5.41) is 8.33. The van der Waals surface area contributed by atoms with Crippen LogP contribution in [0.15, 0.2) is 60.9 Å². The number of carbonyl (C=O) groups is 3. The molecule has 1 unspecified atom stereocenters. The number of nitrogens with one attached hydrogen (secondary N) is 1. The van der Waals surface area contributed by atoms with Crippen LogP contribution in [0.3, 0.4) is 0 Å². The molecule has 4 atom stereocenters. The number of nitrogens with zero attached hydrogens (tertiary/aromatic N) is 5. The summed E-state index contributed by atoms with van der Waals surface area (Å²) in [6.45, 7) is 7.33. The van der Waals surface area contributed by atoms with Gasteiger partial charge in [0.25, 0.3) is 0 Å². The number of carbonyl (C=O) groups excluding carboxylic acids is 3. The smallest absolute Gasteiger partial charge is 0.245 e. The first kappa shape index (κ1) is 25.9. The van der Waals surface area contributed by atoms with Crippen molar-refractivity contribution in [1.82, 2.24) is 30.0 Å². The number of piperidine rings is 1. The Morgan fingerprint density at radius 2 is 1.77 bits per heavy atom. The average Bonchev–Trinajstić information content (AvgIpc) is 3.31. The van der Waals surface area contributed by atoms with Crippen molar-refractivity contribution >= 4 is 28.5 Å². The number of aromatic nitrogens is 4. The lowest BCUT2D eigenvalue weighted by atomic mass is 10.0. The molecule has 1 aliphatic carbocycles. The molecule has 204 valence electrons. The van der Waals surface area contributed by atoms with Crippen LogP contribution in [0.1, 0.15) is 61.5 Å². The number of Topliss-reactive ketones (excluding diaryl/α,β-unsaturated/α-hetero) is 1. The minimum Gasteiger partial charge on any atom is -0.348 e. The predicted molar refractivity (Wildman–Crippen MR) is 150 cm³/mol. The monoisotopic (exact) mass is 536 g/mol. The van der Waals surface area contributed by atoms with Crippen molar-refractivity contribution in [3.05, 3.63) is 78.0 Å². The van der Waals surface area contributed by atoms with Gasteiger partial charge in [-0.1, -0.05) is 43.3 Å². The zero-order chi connectivity index (χ0) is 28.2. The van der Waals surface area contributed by atoms with E-state index in [2.05, 4.69) is 27.3 Å². The van der Waals surface area contributed by atoms with Crippen molar-refractivity contribution in [2.75, 3.05) is 0 Å². The Morgan fingerprint density at radius 1 is 1.05 bits per heavy atom. The fourth-order valence-electron chi connectivity index (χ4n) is 5.99. The van der Waals surface area contributed by atoms with Crippen molar-refractivity contribution < 1.29 is 14.4 Å². The number of rotatable bonds is 7. The summed E-state index contributed by atoms with van der Waals surface area (Å²) in [6, 6.07) is 14.8. The summed E-state index contributed by atoms with van der Waals surface area (Å²) < 4.78 is 1.59. The molecule has 2 fully saturated rings. The van der Waals surface area contributed by atoms with E-state index in [1.165, 1.54) is 6.92 Å². The van der Waals surface area contributed by atoms with Crippen LogP contribution in [-0.4, -0.2) is 54.3 Å². The summed E-state index contributed by atoms with van der Waals surface area (Å²) in [6.07, 6.45) is 5.01. The van der Waals surface area contributed by atoms with Crippen LogP contribution in [0.25, 0.3) is 22.0 Å². The highest BCUT2D eigenvalue weighted by Gasteiger charge is 2.64. The van der Waals surface area contributed by atoms with E-state index in [1.54, 1.807) is 22.0 Å². The number of likely N-dealkylation sites (tertiary alicyclic amines) is 1. The van der Waals surface area contributed by atoms with Gasteiger partial charge in [-0.15, -0.1) is 0 Å². The first-order valence-corrected chi connectivity index (χ1v) is 13.6. The number of hydrogen-bond acceptors (Lipinski definition) is 6. The van der Waals surface area contributed by atoms with Gasteiger partial charge < -0.3 is 10.2 Å². The Labute approximate surface area is 232 Å². The van der Waals surface area contributed by atoms with Gasteiger partial charge in [-0.2, -0.15) is 5.10 Å². The minimum absolute atomic E-state index is 0.0324. The molecular weight excluding hydrogens is 504 g/mol. The summed E-state index contributed by atoms with van der Waals surface area (Å²) >= 11 is 0. The van der Waals surface area contributed by atoms with Gasteiger partial charge in [-0.25, -0.2) is 9.97 Å². The third-order valence-corrected chi connectivity index (χ3v) is 8.37. The highest BCUT2D eigenvalue weighted by atomic mass is 16.2. The van der Waals surface area contributed by atoms with Crippen molar-refractivity contribution in [2.45, 2.75) is 65.2 Å². The van der Waals surface area contributed by atoms with Gasteiger partial charge in [-0.05, 0) is 55.4 Å². The molecule has 4 aromatic rings. The molecule has 9 heteroatoms. The fraction of sp³-hybridized carbons (Fsp3) is 0.355. The summed E-state index contributed by atoms with van der Waals surface area (Å²) in [5.74, 6) is 0.180. The highest BCUT2D eigenvalue weighted by Crippen LogP contribution is 2.59. The van der Waals surface area contributed by atoms with Crippen molar-refractivity contribution in [2.24, 2.45) is 5.41 Å². The van der Waals surface area contributed by atoms with Crippen LogP contribution in [0.2, 0.25) is 0 Å². The first-order chi connectivity index (χ1) is 19.1. The zero-order valence-electron chi connectivity index (χ0n) is 23.1. The van der Waals surface area contributed by atoms with E-state index < -0.39 is 6.04 Å². The summed E-state index contributed by atoms with van der Waals surface area (Å²) in [5.41, 5.74) is 3.65. The second-order valence-electron chi connectivity index (χ2n) is 11.3. The Hall–Kier alpha value is -4.40. The quantitative estimate of drug-likeness (QED) is 0.354. The van der Waals surface area contributed by atoms with E-state index in [0.29, 0.717) is 28.8 Å². The van der Waals surface area contributed by atoms with E-state index in [-0.39, 0.29) is 41.6 Å². The van der Waals surface area contributed by atoms with E-state index in [0.717, 1.165) is 23.1 Å². The molecular formula is C31H32N6O3. The van der Waals surface area contributed by atoms with Gasteiger partial charge >= 0.3 is 0 Å². The first-order valence-electron chi connectivity index (χ1n) is 13.6. The fourth-order valence-corrected chi connectivity index (χ4v) is 5.99. The normalized spacial score (nSPS) is 22.1. The van der Waals surface area contributed by atoms with Crippen LogP contribution in [0, 0.1) is 12.3 Å². The second-order valence-corrected chi connectivity index (χ2v) is 11.3. The molecule has 0 spiro atoms. The van der Waals surface area contributed by atoms with Crippen LogP contribution < -0.4 is 5.32 Å². The summed E-state index contributed by atoms with van der Waals surface area (Å²) in [4.78, 5) is 50.0. The zero-order valence-corrected chi connectivity index (χ0v) is 23.1. The molecule has 6 rings (SSSR count). The molecule has 1 saturated carbocycles. The highest BCUT2D eigenvalue weighted by molar-refractivity contribution is 6.06. The van der Waals surface area contributed by atoms with E-state index in [1.807, 2.05) is 62.4 Å². The van der Waals surface area contributed by atoms with E-state index >= 15 is 0 Å². The number of aryl methyl sites for hydroxylation is 1. The van der Waals surface area contributed by atoms with Crippen LogP contribution in [-0.2, 0) is 16.1 Å². The molecule has 1 aliphatic heterocycles. The van der Waals surface area contributed by atoms with Gasteiger partial charge in [-0.3, -0.25) is 19.1 Å². The maximum absolute atomic E-state index is 13.8. The molecule has 2 aliphatic rings. The minimum atomic E-state index is -0.537. The maximum atomic E-state index is 13.8. The number of amides is 2. The molecule has 1 saturated heterocycles. The lowest BCUT2D eigenvalue weighted by Crippen LogP contribution is -2.49. The van der Waals surface area contributed by atoms with Crippen molar-refractivity contribution in [3.8, 4) is 11.1 Å². The standard InChI is InChI=1S/C31H32N6O3/c1-18(21-8-6-5-7-9-21)34-30(40)26-13-31(4)14-27(31)37(26)28(39)17-36-25-11-10-22(23-15-32-20(3)33-16-23)12-24(25)29(35-36)19(2)38/h5-12,15-16,18,26-27H,13-14,17H2,1-4H3,(H,34,40)/t18-,26-,27?,31-/m0/s1. The number of ketones is 1. The Kier molecular flexibility index (Phi) is 6.24. The third-order valence-electron chi connectivity index (χ3n) is 8.37. The van der Waals surface area contributed by atoms with Gasteiger partial charge in [0.2, 0.25) is 11.8 Å². The third kappa shape index (κ3) is 4.55. The molecule has 2 amide bonds. The van der Waals surface area contributed by atoms with E-state index in [9.17, 15) is 14.4 Å². The molecule has 9 nitrogen and oxygen atoms in total. The average molecular weight is 537 g/mol. The Balaban J connectivity index is 1.26. The van der Waals surface area contributed by atoms with Crippen LogP contribution in [0.5, 0.6) is 0 Å². The van der Waals surface area contributed by atoms with Gasteiger partial charge in [0.05, 0.1) is 11.6 Å². The maximum Gasteiger partial charge on any atom is 0.245 e. The molecule has 2 aromatic heterocycles. The molecule has 0 bridgehead atoms. The SMILES string of the molecule is CC(=O)c1nn(CC(=O)N2C3C[C@]3(C)C[C@H]2C(=O)N[C@@H](C)c2ccccc2)c2ccc(-c3cnc(C)nc3)cc12. The van der Waals surface area contributed by atoms with Gasteiger partial charge in [0, 0.05) is 36.3 Å². The molecule has 0 radical (unpaired) electrons. The molecule has 40 heavy (non-hydrogen) atoms. The number of hydrogen-bond donors (Lipinski definition) is 1. The topological polar surface area (TPSA) is 110 Å². The van der Waals surface area contributed by atoms with E-state index in [4.69, 9.17) is 0 Å². The lowest BCUT2D eigenvalue weighted by Gasteiger charge is -2.28. The Morgan fingerprint density at radius 3 is 2.48 bits per heavy atom. The number of fused-ring (bicyclic) bond motifs is 2. The predicted octanol–water partition coefficient (Wildman–Crippen LogP) is 4.26. The molecule has 2 aromatic carbocycles. The number of benzene rings is 2. The van der Waals surface area contributed by atoms with Crippen molar-refractivity contribution in [3.63, 3.8) is 0 Å². The second kappa shape index (κ2) is 9.66. The van der Waals surface area contributed by atoms with Gasteiger partial charge in [0.15, 0.2) is 5.78 Å². The lowest BCUT2D eigenvalue weighted by molar-refractivity contribution is -0.140. The Bertz CT molecular complexity index is 1630. The van der Waals surface area contributed by atoms with Crippen molar-refractivity contribution in [1.29, 1.82) is 0 Å². The van der Waals surface area contributed by atoms with Crippen LogP contribution in [0.4, 0.5) is 0 Å². The molecule has 3 heterocycles. The largest absolute Gasteiger partial charge is 0.348 e. The van der Waals surface area contributed by atoms with Crippen LogP contribution >= 0.6 is 0 Å². The molecule has 1 N–H and O–H groups in total. The summed E-state index contributed by atoms with van der Waals surface area (Å²) in [7, 11) is 0.